The van der Waals surface area contributed by atoms with Crippen molar-refractivity contribution < 1.29 is 9.18 Å². The second-order valence-corrected chi connectivity index (χ2v) is 4.82. The molecule has 2 aromatic carbocycles. The summed E-state index contributed by atoms with van der Waals surface area (Å²) in [6, 6.07) is 15.5. The maximum atomic E-state index is 13.2. The molecule has 1 N–H and O–H groups in total. The SMILES string of the molecule is Cc1ccc(F)cc1NC(=O)C(C#N)Cc1ccccc1. The van der Waals surface area contributed by atoms with E-state index in [1.807, 2.05) is 36.4 Å². The van der Waals surface area contributed by atoms with Crippen molar-refractivity contribution in [3.63, 3.8) is 0 Å². The topological polar surface area (TPSA) is 52.9 Å². The van der Waals surface area contributed by atoms with Crippen LogP contribution >= 0.6 is 0 Å². The number of nitriles is 1. The van der Waals surface area contributed by atoms with Crippen molar-refractivity contribution in [2.45, 2.75) is 13.3 Å². The molecule has 0 heterocycles. The van der Waals surface area contributed by atoms with E-state index in [4.69, 9.17) is 0 Å². The molecule has 0 spiro atoms. The van der Waals surface area contributed by atoms with Gasteiger partial charge in [-0.1, -0.05) is 36.4 Å². The lowest BCUT2D eigenvalue weighted by atomic mass is 9.99. The van der Waals surface area contributed by atoms with Crippen LogP contribution in [0.25, 0.3) is 0 Å². The van der Waals surface area contributed by atoms with Crippen LogP contribution in [0.2, 0.25) is 0 Å². The Balaban J connectivity index is 2.10. The number of carbonyl (C=O) groups is 1. The molecule has 0 bridgehead atoms. The maximum Gasteiger partial charge on any atom is 0.242 e. The second-order valence-electron chi connectivity index (χ2n) is 4.82. The van der Waals surface area contributed by atoms with Crippen LogP contribution in [0.15, 0.2) is 48.5 Å². The monoisotopic (exact) mass is 282 g/mol. The van der Waals surface area contributed by atoms with E-state index < -0.39 is 17.6 Å². The highest BCUT2D eigenvalue weighted by Crippen LogP contribution is 2.18. The van der Waals surface area contributed by atoms with Gasteiger partial charge in [0.05, 0.1) is 6.07 Å². The van der Waals surface area contributed by atoms with Crippen LogP contribution in [-0.4, -0.2) is 5.91 Å². The molecule has 4 heteroatoms. The number of aryl methyl sites for hydroxylation is 1. The van der Waals surface area contributed by atoms with E-state index in [2.05, 4.69) is 5.32 Å². The van der Waals surface area contributed by atoms with E-state index >= 15 is 0 Å². The summed E-state index contributed by atoms with van der Waals surface area (Å²) >= 11 is 0. The molecule has 0 aliphatic rings. The largest absolute Gasteiger partial charge is 0.325 e. The fourth-order valence-corrected chi connectivity index (χ4v) is 2.00. The van der Waals surface area contributed by atoms with Crippen LogP contribution in [0.5, 0.6) is 0 Å². The number of halogens is 1. The zero-order chi connectivity index (χ0) is 15.2. The summed E-state index contributed by atoms with van der Waals surface area (Å²) in [6.07, 6.45) is 0.331. The Morgan fingerprint density at radius 3 is 2.67 bits per heavy atom. The van der Waals surface area contributed by atoms with Gasteiger partial charge in [0.15, 0.2) is 0 Å². The number of nitrogens with zero attached hydrogens (tertiary/aromatic N) is 1. The Kier molecular flexibility index (Phi) is 4.68. The highest BCUT2D eigenvalue weighted by molar-refractivity contribution is 5.94. The van der Waals surface area contributed by atoms with Crippen molar-refractivity contribution in [1.29, 1.82) is 5.26 Å². The van der Waals surface area contributed by atoms with Gasteiger partial charge in [0.25, 0.3) is 0 Å². The Labute approximate surface area is 123 Å². The fraction of sp³-hybridized carbons (Fsp3) is 0.176. The third kappa shape index (κ3) is 3.90. The van der Waals surface area contributed by atoms with Crippen LogP contribution < -0.4 is 5.32 Å². The summed E-state index contributed by atoms with van der Waals surface area (Å²) < 4.78 is 13.2. The van der Waals surface area contributed by atoms with Gasteiger partial charge in [-0.15, -0.1) is 0 Å². The number of amides is 1. The molecule has 1 amide bonds. The van der Waals surface area contributed by atoms with Crippen LogP contribution in [0.4, 0.5) is 10.1 Å². The first kappa shape index (κ1) is 14.7. The highest BCUT2D eigenvalue weighted by atomic mass is 19.1. The zero-order valence-corrected chi connectivity index (χ0v) is 11.6. The smallest absolute Gasteiger partial charge is 0.242 e. The Bertz CT molecular complexity index is 677. The summed E-state index contributed by atoms with van der Waals surface area (Å²) in [5.41, 5.74) is 2.06. The normalized spacial score (nSPS) is 11.5. The van der Waals surface area contributed by atoms with Gasteiger partial charge < -0.3 is 5.32 Å². The van der Waals surface area contributed by atoms with Crippen LogP contribution in [0.1, 0.15) is 11.1 Å². The highest BCUT2D eigenvalue weighted by Gasteiger charge is 2.19. The molecular weight excluding hydrogens is 267 g/mol. The zero-order valence-electron chi connectivity index (χ0n) is 11.6. The third-order valence-electron chi connectivity index (χ3n) is 3.21. The summed E-state index contributed by atoms with van der Waals surface area (Å²) in [4.78, 5) is 12.2. The van der Waals surface area contributed by atoms with Gasteiger partial charge in [-0.3, -0.25) is 4.79 Å². The number of anilines is 1. The lowest BCUT2D eigenvalue weighted by molar-refractivity contribution is -0.118. The van der Waals surface area contributed by atoms with Crippen molar-refractivity contribution >= 4 is 11.6 Å². The summed E-state index contributed by atoms with van der Waals surface area (Å²) in [6.45, 7) is 1.77. The number of nitrogens with one attached hydrogen (secondary N) is 1. The minimum absolute atomic E-state index is 0.331. The standard InChI is InChI=1S/C17H15FN2O/c1-12-7-8-15(18)10-16(12)20-17(21)14(11-19)9-13-5-3-2-4-6-13/h2-8,10,14H,9H2,1H3,(H,20,21). The molecular formula is C17H15FN2O. The molecule has 106 valence electrons. The molecule has 2 rings (SSSR count). The number of hydrogen-bond acceptors (Lipinski definition) is 2. The molecule has 0 saturated carbocycles. The number of hydrogen-bond donors (Lipinski definition) is 1. The minimum atomic E-state index is -0.810. The average Bonchev–Trinajstić information content (AvgIpc) is 2.49. The van der Waals surface area contributed by atoms with Crippen molar-refractivity contribution in [2.75, 3.05) is 5.32 Å². The molecule has 1 atom stereocenters. The van der Waals surface area contributed by atoms with Gasteiger partial charge >= 0.3 is 0 Å². The van der Waals surface area contributed by atoms with Gasteiger partial charge in [0.1, 0.15) is 11.7 Å². The Hall–Kier alpha value is -2.67. The number of benzene rings is 2. The van der Waals surface area contributed by atoms with Crippen molar-refractivity contribution in [3.8, 4) is 6.07 Å². The van der Waals surface area contributed by atoms with E-state index in [9.17, 15) is 14.4 Å². The molecule has 0 fully saturated rings. The fourth-order valence-electron chi connectivity index (χ4n) is 2.00. The number of carbonyl (C=O) groups excluding carboxylic acids is 1. The molecule has 0 aromatic heterocycles. The number of rotatable bonds is 4. The molecule has 2 aromatic rings. The van der Waals surface area contributed by atoms with Gasteiger partial charge in [-0.05, 0) is 36.6 Å². The molecule has 1 unspecified atom stereocenters. The molecule has 21 heavy (non-hydrogen) atoms. The molecule has 3 nitrogen and oxygen atoms in total. The van der Waals surface area contributed by atoms with Crippen molar-refractivity contribution in [1.82, 2.24) is 0 Å². The van der Waals surface area contributed by atoms with Gasteiger partial charge in [-0.25, -0.2) is 4.39 Å². The Morgan fingerprint density at radius 1 is 1.29 bits per heavy atom. The van der Waals surface area contributed by atoms with E-state index in [1.165, 1.54) is 12.1 Å². The van der Waals surface area contributed by atoms with Crippen molar-refractivity contribution in [3.05, 3.63) is 65.5 Å². The molecule has 0 saturated heterocycles. The minimum Gasteiger partial charge on any atom is -0.325 e. The molecule has 0 aliphatic heterocycles. The average molecular weight is 282 g/mol. The Morgan fingerprint density at radius 2 is 2.00 bits per heavy atom. The lowest BCUT2D eigenvalue weighted by Gasteiger charge is -2.12. The lowest BCUT2D eigenvalue weighted by Crippen LogP contribution is -2.23. The van der Waals surface area contributed by atoms with E-state index in [0.717, 1.165) is 11.1 Å². The van der Waals surface area contributed by atoms with Gasteiger partial charge in [0.2, 0.25) is 5.91 Å². The molecule has 0 radical (unpaired) electrons. The first-order valence-electron chi connectivity index (χ1n) is 6.60. The first-order valence-corrected chi connectivity index (χ1v) is 6.60. The van der Waals surface area contributed by atoms with Crippen molar-refractivity contribution in [2.24, 2.45) is 5.92 Å². The first-order chi connectivity index (χ1) is 10.1. The predicted molar refractivity (Wildman–Crippen MR) is 79.0 cm³/mol. The maximum absolute atomic E-state index is 13.2. The van der Waals surface area contributed by atoms with Gasteiger partial charge in [-0.2, -0.15) is 5.26 Å². The van der Waals surface area contributed by atoms with E-state index in [1.54, 1.807) is 13.0 Å². The third-order valence-corrected chi connectivity index (χ3v) is 3.21. The van der Waals surface area contributed by atoms with Gasteiger partial charge in [0, 0.05) is 5.69 Å². The van der Waals surface area contributed by atoms with E-state index in [0.29, 0.717) is 12.1 Å². The van der Waals surface area contributed by atoms with Crippen LogP contribution in [0, 0.1) is 30.0 Å². The van der Waals surface area contributed by atoms with E-state index in [-0.39, 0.29) is 0 Å². The summed E-state index contributed by atoms with van der Waals surface area (Å²) in [5, 5.41) is 11.8. The van der Waals surface area contributed by atoms with Crippen LogP contribution in [-0.2, 0) is 11.2 Å². The predicted octanol–water partition coefficient (Wildman–Crippen LogP) is 3.46. The molecule has 0 aliphatic carbocycles. The summed E-state index contributed by atoms with van der Waals surface area (Å²) in [5.74, 6) is -1.66. The van der Waals surface area contributed by atoms with Crippen LogP contribution in [0.3, 0.4) is 0 Å². The summed E-state index contributed by atoms with van der Waals surface area (Å²) in [7, 11) is 0. The quantitative estimate of drug-likeness (QED) is 0.933. The second kappa shape index (κ2) is 6.67.